The standard InChI is InChI=1S/C40H41N3O4/c1-3-13-38(44)47-46-36-22-20-31(21-23-36)27-35-29-41(28-32-14-7-4-8-15-32)24-25-42(35)40(45)37-26-30(2)43(34-18-11-6-12-19-34)39(37)33-16-9-5-10-17-33/h4-12,14-23,26,35H,3,13,24-25,27-29H2,1-2H3/t35-/m1/s1. The number of carbonyl (C=O) groups excluding carboxylic acids is 2. The van der Waals surface area contributed by atoms with Gasteiger partial charge < -0.3 is 9.47 Å². The lowest BCUT2D eigenvalue weighted by Crippen LogP contribution is -2.55. The van der Waals surface area contributed by atoms with Crippen molar-refractivity contribution in [3.63, 3.8) is 0 Å². The Kier molecular flexibility index (Phi) is 10.1. The Bertz CT molecular complexity index is 1770. The molecule has 0 spiro atoms. The van der Waals surface area contributed by atoms with Gasteiger partial charge in [-0.05, 0) is 66.8 Å². The summed E-state index contributed by atoms with van der Waals surface area (Å²) in [6.45, 7) is 6.95. The van der Waals surface area contributed by atoms with Gasteiger partial charge >= 0.3 is 5.97 Å². The van der Waals surface area contributed by atoms with Gasteiger partial charge in [0.05, 0.1) is 11.3 Å². The van der Waals surface area contributed by atoms with Gasteiger partial charge in [0, 0.05) is 50.0 Å². The maximum absolute atomic E-state index is 14.7. The summed E-state index contributed by atoms with van der Waals surface area (Å²) < 4.78 is 2.19. The summed E-state index contributed by atoms with van der Waals surface area (Å²) in [6, 6.07) is 40.4. The number of piperazine rings is 1. The number of hydrogen-bond acceptors (Lipinski definition) is 5. The first kappa shape index (κ1) is 31.8. The lowest BCUT2D eigenvalue weighted by Gasteiger charge is -2.42. The van der Waals surface area contributed by atoms with Crippen LogP contribution in [0.4, 0.5) is 0 Å². The van der Waals surface area contributed by atoms with E-state index in [9.17, 15) is 9.59 Å². The molecular formula is C40H41N3O4. The number of rotatable bonds is 11. The Morgan fingerprint density at radius 1 is 0.787 bits per heavy atom. The van der Waals surface area contributed by atoms with E-state index in [0.717, 1.165) is 47.8 Å². The van der Waals surface area contributed by atoms with Crippen LogP contribution in [-0.2, 0) is 22.6 Å². The third-order valence-electron chi connectivity index (χ3n) is 8.63. The lowest BCUT2D eigenvalue weighted by molar-refractivity contribution is -0.213. The zero-order valence-electron chi connectivity index (χ0n) is 27.0. The van der Waals surface area contributed by atoms with E-state index in [4.69, 9.17) is 9.78 Å². The lowest BCUT2D eigenvalue weighted by atomic mass is 9.99. The molecule has 1 aromatic heterocycles. The molecule has 0 N–H and O–H groups in total. The first-order chi connectivity index (χ1) is 23.0. The second-order valence-electron chi connectivity index (χ2n) is 12.1. The summed E-state index contributed by atoms with van der Waals surface area (Å²) in [6.07, 6.45) is 1.68. The molecule has 0 unspecified atom stereocenters. The van der Waals surface area contributed by atoms with Gasteiger partial charge in [-0.3, -0.25) is 19.5 Å². The molecule has 47 heavy (non-hydrogen) atoms. The Balaban J connectivity index is 1.30. The second kappa shape index (κ2) is 15.0. The molecule has 4 aromatic carbocycles. The van der Waals surface area contributed by atoms with Crippen molar-refractivity contribution in [2.45, 2.75) is 45.7 Å². The third kappa shape index (κ3) is 7.64. The van der Waals surface area contributed by atoms with Crippen LogP contribution < -0.4 is 4.89 Å². The molecule has 1 saturated heterocycles. The SMILES string of the molecule is CCCC(=O)OOc1ccc(C[C@@H]2CN(Cc3ccccc3)CCN2C(=O)c2cc(C)n(-c3ccccc3)c2-c2ccccc2)cc1. The molecule has 0 saturated carbocycles. The fraction of sp³-hybridized carbons (Fsp3) is 0.250. The average Bonchev–Trinajstić information content (AvgIpc) is 3.46. The highest BCUT2D eigenvalue weighted by molar-refractivity contribution is 6.01. The molecule has 6 rings (SSSR count). The normalized spacial score (nSPS) is 14.9. The van der Waals surface area contributed by atoms with Crippen LogP contribution in [0.2, 0.25) is 0 Å². The van der Waals surface area contributed by atoms with E-state index in [1.807, 2.05) is 79.7 Å². The minimum atomic E-state index is -0.391. The largest absolute Gasteiger partial charge is 0.355 e. The molecule has 0 radical (unpaired) electrons. The molecule has 240 valence electrons. The summed E-state index contributed by atoms with van der Waals surface area (Å²) in [5.74, 6) is 0.108. The van der Waals surface area contributed by atoms with E-state index in [2.05, 4.69) is 69.8 Å². The molecule has 1 aliphatic rings. The molecule has 1 atom stereocenters. The maximum Gasteiger partial charge on any atom is 0.355 e. The predicted molar refractivity (Wildman–Crippen MR) is 184 cm³/mol. The monoisotopic (exact) mass is 627 g/mol. The number of amides is 1. The Morgan fingerprint density at radius 2 is 1.45 bits per heavy atom. The van der Waals surface area contributed by atoms with Gasteiger partial charge in [-0.15, -0.1) is 0 Å². The number of hydrogen-bond donors (Lipinski definition) is 0. The molecule has 7 nitrogen and oxygen atoms in total. The van der Waals surface area contributed by atoms with Gasteiger partial charge in [-0.2, -0.15) is 0 Å². The zero-order valence-corrected chi connectivity index (χ0v) is 27.0. The summed E-state index contributed by atoms with van der Waals surface area (Å²) in [5, 5.41) is 0. The van der Waals surface area contributed by atoms with Crippen molar-refractivity contribution < 1.29 is 19.4 Å². The molecule has 1 aliphatic heterocycles. The van der Waals surface area contributed by atoms with E-state index in [0.29, 0.717) is 37.1 Å². The Hall–Kier alpha value is -5.14. The van der Waals surface area contributed by atoms with Crippen LogP contribution >= 0.6 is 0 Å². The zero-order chi connectivity index (χ0) is 32.6. The Morgan fingerprint density at radius 3 is 2.13 bits per heavy atom. The van der Waals surface area contributed by atoms with Crippen molar-refractivity contribution in [1.82, 2.24) is 14.4 Å². The van der Waals surface area contributed by atoms with Crippen molar-refractivity contribution >= 4 is 11.9 Å². The van der Waals surface area contributed by atoms with Gasteiger partial charge in [-0.25, -0.2) is 4.79 Å². The number of aromatic nitrogens is 1. The van der Waals surface area contributed by atoms with Gasteiger partial charge in [0.25, 0.3) is 5.91 Å². The van der Waals surface area contributed by atoms with Crippen LogP contribution in [0.15, 0.2) is 121 Å². The summed E-state index contributed by atoms with van der Waals surface area (Å²) >= 11 is 0. The van der Waals surface area contributed by atoms with Crippen LogP contribution in [0.5, 0.6) is 5.75 Å². The fourth-order valence-electron chi connectivity index (χ4n) is 6.39. The number of carbonyl (C=O) groups is 2. The van der Waals surface area contributed by atoms with Crippen molar-refractivity contribution in [1.29, 1.82) is 0 Å². The summed E-state index contributed by atoms with van der Waals surface area (Å²) in [7, 11) is 0. The highest BCUT2D eigenvalue weighted by Gasteiger charge is 2.34. The van der Waals surface area contributed by atoms with Crippen molar-refractivity contribution in [3.8, 4) is 22.7 Å². The first-order valence-corrected chi connectivity index (χ1v) is 16.4. The second-order valence-corrected chi connectivity index (χ2v) is 12.1. The molecule has 2 heterocycles. The molecular weight excluding hydrogens is 586 g/mol. The van der Waals surface area contributed by atoms with Crippen LogP contribution in [-0.4, -0.2) is 51.9 Å². The molecule has 7 heteroatoms. The highest BCUT2D eigenvalue weighted by atomic mass is 17.2. The van der Waals surface area contributed by atoms with E-state index in [1.165, 1.54) is 5.56 Å². The minimum absolute atomic E-state index is 0.0359. The molecule has 5 aromatic rings. The van der Waals surface area contributed by atoms with Gasteiger partial charge in [0.1, 0.15) is 0 Å². The first-order valence-electron chi connectivity index (χ1n) is 16.4. The third-order valence-corrected chi connectivity index (χ3v) is 8.63. The van der Waals surface area contributed by atoms with E-state index >= 15 is 0 Å². The van der Waals surface area contributed by atoms with E-state index in [-0.39, 0.29) is 11.9 Å². The fourth-order valence-corrected chi connectivity index (χ4v) is 6.39. The molecule has 0 bridgehead atoms. The summed E-state index contributed by atoms with van der Waals surface area (Å²) in [4.78, 5) is 41.2. The number of benzene rings is 4. The topological polar surface area (TPSA) is 64.0 Å². The van der Waals surface area contributed by atoms with Gasteiger partial charge in [0.15, 0.2) is 5.75 Å². The smallest absolute Gasteiger partial charge is 0.333 e. The van der Waals surface area contributed by atoms with Gasteiger partial charge in [-0.1, -0.05) is 97.9 Å². The van der Waals surface area contributed by atoms with Crippen molar-refractivity contribution in [3.05, 3.63) is 144 Å². The van der Waals surface area contributed by atoms with E-state index in [1.54, 1.807) is 0 Å². The van der Waals surface area contributed by atoms with Crippen molar-refractivity contribution in [2.24, 2.45) is 0 Å². The van der Waals surface area contributed by atoms with Crippen LogP contribution in [0.3, 0.4) is 0 Å². The number of nitrogens with zero attached hydrogens (tertiary/aromatic N) is 3. The maximum atomic E-state index is 14.7. The molecule has 1 fully saturated rings. The molecule has 0 aliphatic carbocycles. The van der Waals surface area contributed by atoms with E-state index < -0.39 is 5.97 Å². The van der Waals surface area contributed by atoms with Crippen molar-refractivity contribution in [2.75, 3.05) is 19.6 Å². The average molecular weight is 628 g/mol. The van der Waals surface area contributed by atoms with Gasteiger partial charge in [0.2, 0.25) is 0 Å². The number of aryl methyl sites for hydroxylation is 1. The number of para-hydroxylation sites is 1. The highest BCUT2D eigenvalue weighted by Crippen LogP contribution is 2.33. The van der Waals surface area contributed by atoms with Crippen LogP contribution in [0, 0.1) is 6.92 Å². The predicted octanol–water partition coefficient (Wildman–Crippen LogP) is 7.66. The van der Waals surface area contributed by atoms with Crippen LogP contribution in [0.1, 0.15) is 46.9 Å². The summed E-state index contributed by atoms with van der Waals surface area (Å²) in [5.41, 5.74) is 6.97. The minimum Gasteiger partial charge on any atom is -0.333 e. The Labute approximate surface area is 276 Å². The molecule has 1 amide bonds. The quantitative estimate of drug-likeness (QED) is 0.111. The van der Waals surface area contributed by atoms with Crippen LogP contribution in [0.25, 0.3) is 16.9 Å².